The van der Waals surface area contributed by atoms with Crippen LogP contribution >= 0.6 is 0 Å². The number of benzene rings is 1. The fraction of sp³-hybridized carbons (Fsp3) is 0.375. The van der Waals surface area contributed by atoms with Crippen molar-refractivity contribution in [3.8, 4) is 0 Å². The lowest BCUT2D eigenvalue weighted by Crippen LogP contribution is -2.36. The van der Waals surface area contributed by atoms with Gasteiger partial charge in [-0.1, -0.05) is 12.1 Å². The van der Waals surface area contributed by atoms with E-state index in [2.05, 4.69) is 9.97 Å². The number of nitrogens with zero attached hydrogens (tertiary/aromatic N) is 2. The largest absolute Gasteiger partial charge is 0.297 e. The Labute approximate surface area is 139 Å². The van der Waals surface area contributed by atoms with Crippen LogP contribution in [0.4, 0.5) is 4.39 Å². The first-order chi connectivity index (χ1) is 11.2. The number of nitrogens with one attached hydrogen (secondary N) is 1. The van der Waals surface area contributed by atoms with Crippen LogP contribution in [0.2, 0.25) is 0 Å². The second kappa shape index (κ2) is 6.10. The molecule has 1 aliphatic rings. The van der Waals surface area contributed by atoms with Crippen LogP contribution in [0.3, 0.4) is 0 Å². The van der Waals surface area contributed by atoms with Crippen molar-refractivity contribution in [2.75, 3.05) is 12.8 Å². The Morgan fingerprint density at radius 3 is 2.79 bits per heavy atom. The molecule has 1 N–H and O–H groups in total. The summed E-state index contributed by atoms with van der Waals surface area (Å²) in [7, 11) is -3.55. The van der Waals surface area contributed by atoms with Crippen LogP contribution in [-0.4, -0.2) is 36.1 Å². The van der Waals surface area contributed by atoms with Gasteiger partial charge in [-0.2, -0.15) is 0 Å². The highest BCUT2D eigenvalue weighted by Crippen LogP contribution is 2.18. The van der Waals surface area contributed by atoms with Gasteiger partial charge in [-0.3, -0.25) is 14.7 Å². The summed E-state index contributed by atoms with van der Waals surface area (Å²) < 4.78 is 36.8. The third-order valence-corrected chi connectivity index (χ3v) is 5.02. The van der Waals surface area contributed by atoms with Crippen LogP contribution in [0.25, 0.3) is 0 Å². The van der Waals surface area contributed by atoms with E-state index >= 15 is 0 Å². The van der Waals surface area contributed by atoms with Gasteiger partial charge >= 0.3 is 0 Å². The summed E-state index contributed by atoms with van der Waals surface area (Å²) in [6.07, 6.45) is 1.49. The van der Waals surface area contributed by atoms with Gasteiger partial charge in [0.05, 0.1) is 11.3 Å². The Balaban J connectivity index is 1.84. The van der Waals surface area contributed by atoms with Gasteiger partial charge < -0.3 is 0 Å². The molecule has 0 saturated carbocycles. The molecule has 1 aliphatic heterocycles. The maximum atomic E-state index is 13.7. The summed E-state index contributed by atoms with van der Waals surface area (Å²) in [6.45, 7) is 3.21. The van der Waals surface area contributed by atoms with Crippen molar-refractivity contribution in [1.29, 1.82) is 0 Å². The molecule has 1 aromatic carbocycles. The number of H-pyrrole nitrogens is 1. The lowest BCUT2D eigenvalue weighted by molar-refractivity contribution is 0.240. The Bertz CT molecular complexity index is 954. The maximum absolute atomic E-state index is 13.7. The number of rotatable bonds is 3. The molecule has 6 nitrogen and oxygen atoms in total. The van der Waals surface area contributed by atoms with E-state index in [4.69, 9.17) is 0 Å². The molecule has 0 spiro atoms. The SMILES string of the molecule is Cc1ccc(CN2CCc3nc(S(C)(=O)=O)[nH]c(=O)c3C2)cc1F. The van der Waals surface area contributed by atoms with E-state index in [0.29, 0.717) is 42.9 Å². The van der Waals surface area contributed by atoms with Crippen molar-refractivity contribution < 1.29 is 12.8 Å². The molecule has 0 amide bonds. The smallest absolute Gasteiger partial charge is 0.256 e. The van der Waals surface area contributed by atoms with Crippen LogP contribution in [0.1, 0.15) is 22.4 Å². The average molecular weight is 351 g/mol. The molecule has 2 aromatic rings. The summed E-state index contributed by atoms with van der Waals surface area (Å²) in [6, 6.07) is 5.10. The van der Waals surface area contributed by atoms with Gasteiger partial charge in [0.1, 0.15) is 5.82 Å². The molecule has 0 radical (unpaired) electrons. The monoisotopic (exact) mass is 351 g/mol. The predicted molar refractivity (Wildman–Crippen MR) is 86.9 cm³/mol. The van der Waals surface area contributed by atoms with E-state index in [1.807, 2.05) is 11.0 Å². The van der Waals surface area contributed by atoms with E-state index in [1.165, 1.54) is 6.07 Å². The van der Waals surface area contributed by atoms with Crippen molar-refractivity contribution in [3.63, 3.8) is 0 Å². The first-order valence-electron chi connectivity index (χ1n) is 7.53. The topological polar surface area (TPSA) is 83.1 Å². The molecule has 0 saturated heterocycles. The van der Waals surface area contributed by atoms with Crippen LogP contribution in [-0.2, 0) is 29.3 Å². The van der Waals surface area contributed by atoms with Gasteiger partial charge in [0.15, 0.2) is 0 Å². The first-order valence-corrected chi connectivity index (χ1v) is 9.42. The number of hydrogen-bond acceptors (Lipinski definition) is 5. The number of aryl methyl sites for hydroxylation is 1. The molecule has 0 fully saturated rings. The minimum atomic E-state index is -3.55. The number of sulfone groups is 1. The van der Waals surface area contributed by atoms with Crippen LogP contribution in [0, 0.1) is 12.7 Å². The number of fused-ring (bicyclic) bond motifs is 1. The van der Waals surface area contributed by atoms with Gasteiger partial charge in [0, 0.05) is 32.3 Å². The van der Waals surface area contributed by atoms with E-state index in [-0.39, 0.29) is 11.0 Å². The second-order valence-corrected chi connectivity index (χ2v) is 8.04. The molecule has 2 heterocycles. The molecule has 8 heteroatoms. The summed E-state index contributed by atoms with van der Waals surface area (Å²) in [5.74, 6) is -0.248. The minimum Gasteiger partial charge on any atom is -0.297 e. The van der Waals surface area contributed by atoms with E-state index in [0.717, 1.165) is 11.8 Å². The van der Waals surface area contributed by atoms with Crippen LogP contribution in [0.5, 0.6) is 0 Å². The van der Waals surface area contributed by atoms with Crippen LogP contribution in [0.15, 0.2) is 28.2 Å². The zero-order chi connectivity index (χ0) is 17.5. The Morgan fingerprint density at radius 1 is 1.38 bits per heavy atom. The fourth-order valence-corrected chi connectivity index (χ4v) is 3.32. The van der Waals surface area contributed by atoms with E-state index in [9.17, 15) is 17.6 Å². The number of hydrogen-bond donors (Lipinski definition) is 1. The molecule has 3 rings (SSSR count). The Morgan fingerprint density at radius 2 is 2.12 bits per heavy atom. The van der Waals surface area contributed by atoms with Gasteiger partial charge in [-0.25, -0.2) is 17.8 Å². The standard InChI is InChI=1S/C16H18FN3O3S/c1-10-3-4-11(7-13(10)17)8-20-6-5-14-12(9-20)15(21)19-16(18-14)24(2,22)23/h3-4,7H,5-6,8-9H2,1-2H3,(H,18,19,21). The first kappa shape index (κ1) is 16.8. The Kier molecular flexibility index (Phi) is 4.27. The zero-order valence-electron chi connectivity index (χ0n) is 13.5. The van der Waals surface area contributed by atoms with E-state index < -0.39 is 15.4 Å². The summed E-state index contributed by atoms with van der Waals surface area (Å²) in [5, 5.41) is -0.291. The van der Waals surface area contributed by atoms with Gasteiger partial charge in [0.2, 0.25) is 15.0 Å². The van der Waals surface area contributed by atoms with Gasteiger partial charge in [0.25, 0.3) is 5.56 Å². The molecule has 0 atom stereocenters. The highest BCUT2D eigenvalue weighted by atomic mass is 32.2. The van der Waals surface area contributed by atoms with Gasteiger partial charge in [-0.15, -0.1) is 0 Å². The highest BCUT2D eigenvalue weighted by Gasteiger charge is 2.23. The summed E-state index contributed by atoms with van der Waals surface area (Å²) in [4.78, 5) is 20.6. The molecule has 0 aliphatic carbocycles. The average Bonchev–Trinajstić information content (AvgIpc) is 2.50. The quantitative estimate of drug-likeness (QED) is 0.840. The van der Waals surface area contributed by atoms with E-state index in [1.54, 1.807) is 13.0 Å². The number of aromatic amines is 1. The molecular formula is C16H18FN3O3S. The zero-order valence-corrected chi connectivity index (χ0v) is 14.3. The lowest BCUT2D eigenvalue weighted by atomic mass is 10.1. The number of halogens is 1. The molecular weight excluding hydrogens is 333 g/mol. The molecule has 128 valence electrons. The summed E-state index contributed by atoms with van der Waals surface area (Å²) >= 11 is 0. The summed E-state index contributed by atoms with van der Waals surface area (Å²) in [5.41, 5.74) is 1.99. The third kappa shape index (κ3) is 3.39. The van der Waals surface area contributed by atoms with Crippen molar-refractivity contribution >= 4 is 9.84 Å². The normalized spacial score (nSPS) is 15.3. The van der Waals surface area contributed by atoms with Gasteiger partial charge in [-0.05, 0) is 24.1 Å². The lowest BCUT2D eigenvalue weighted by Gasteiger charge is -2.27. The van der Waals surface area contributed by atoms with Crippen LogP contribution < -0.4 is 5.56 Å². The maximum Gasteiger partial charge on any atom is 0.256 e. The number of aromatic nitrogens is 2. The third-order valence-electron chi connectivity index (χ3n) is 4.12. The minimum absolute atomic E-state index is 0.248. The molecule has 1 aromatic heterocycles. The van der Waals surface area contributed by atoms with Crippen molar-refractivity contribution in [1.82, 2.24) is 14.9 Å². The highest BCUT2D eigenvalue weighted by molar-refractivity contribution is 7.90. The molecule has 24 heavy (non-hydrogen) atoms. The molecule has 0 bridgehead atoms. The molecule has 0 unspecified atom stereocenters. The Hall–Kier alpha value is -2.06. The van der Waals surface area contributed by atoms with Crippen molar-refractivity contribution in [2.24, 2.45) is 0 Å². The second-order valence-electron chi connectivity index (χ2n) is 6.11. The van der Waals surface area contributed by atoms with Crippen molar-refractivity contribution in [3.05, 3.63) is 56.8 Å². The fourth-order valence-electron chi connectivity index (χ4n) is 2.76. The van der Waals surface area contributed by atoms with Crippen molar-refractivity contribution in [2.45, 2.75) is 31.6 Å². The predicted octanol–water partition coefficient (Wildman–Crippen LogP) is 1.18.